The predicted octanol–water partition coefficient (Wildman–Crippen LogP) is 4.41. The highest BCUT2D eigenvalue weighted by atomic mass is 35.5. The Bertz CT molecular complexity index is 675. The molecule has 1 aromatic carbocycles. The first-order valence-corrected chi connectivity index (χ1v) is 7.77. The van der Waals surface area contributed by atoms with Crippen LogP contribution in [0.1, 0.15) is 30.0 Å². The molecule has 1 aliphatic rings. The monoisotopic (exact) mass is 315 g/mol. The van der Waals surface area contributed by atoms with Crippen LogP contribution >= 0.6 is 11.6 Å². The molecule has 4 nitrogen and oxygen atoms in total. The van der Waals surface area contributed by atoms with Crippen molar-refractivity contribution in [2.45, 2.75) is 25.8 Å². The Hall–Kier alpha value is -2.07. The number of carbonyl (C=O) groups is 1. The van der Waals surface area contributed by atoms with Crippen LogP contribution in [0.3, 0.4) is 0 Å². The standard InChI is InChI=1S/C17H18ClN3O/c1-12-14(18)4-2-5-15(12)20-17(22)21-11-3-6-16(21)13-7-9-19-10-8-13/h2,4-5,7-10,16H,3,6,11H2,1H3,(H,20,22)/t16-/m1/s1. The summed E-state index contributed by atoms with van der Waals surface area (Å²) in [4.78, 5) is 18.5. The third-order valence-electron chi connectivity index (χ3n) is 4.11. The fourth-order valence-electron chi connectivity index (χ4n) is 2.87. The minimum absolute atomic E-state index is 0.0790. The van der Waals surface area contributed by atoms with E-state index >= 15 is 0 Å². The molecule has 1 N–H and O–H groups in total. The summed E-state index contributed by atoms with van der Waals surface area (Å²) >= 11 is 6.11. The van der Waals surface area contributed by atoms with Crippen LogP contribution in [0, 0.1) is 6.92 Å². The highest BCUT2D eigenvalue weighted by Crippen LogP contribution is 2.32. The third-order valence-corrected chi connectivity index (χ3v) is 4.52. The molecule has 2 amide bonds. The Kier molecular flexibility index (Phi) is 4.29. The number of pyridine rings is 1. The fourth-order valence-corrected chi connectivity index (χ4v) is 3.05. The Morgan fingerprint density at radius 2 is 2.09 bits per heavy atom. The molecule has 22 heavy (non-hydrogen) atoms. The zero-order valence-electron chi connectivity index (χ0n) is 12.4. The second-order valence-electron chi connectivity index (χ2n) is 5.47. The van der Waals surface area contributed by atoms with E-state index in [2.05, 4.69) is 10.3 Å². The van der Waals surface area contributed by atoms with Crippen LogP contribution in [0.4, 0.5) is 10.5 Å². The zero-order chi connectivity index (χ0) is 15.5. The molecule has 0 unspecified atom stereocenters. The maximum Gasteiger partial charge on any atom is 0.322 e. The molecule has 1 fully saturated rings. The molecule has 1 atom stereocenters. The van der Waals surface area contributed by atoms with E-state index in [0.29, 0.717) is 5.02 Å². The van der Waals surface area contributed by atoms with Crippen LogP contribution in [0.2, 0.25) is 5.02 Å². The van der Waals surface area contributed by atoms with E-state index in [-0.39, 0.29) is 12.1 Å². The predicted molar refractivity (Wildman–Crippen MR) is 88.1 cm³/mol. The summed E-state index contributed by atoms with van der Waals surface area (Å²) in [6.45, 7) is 2.67. The van der Waals surface area contributed by atoms with Crippen molar-refractivity contribution in [2.24, 2.45) is 0 Å². The number of nitrogens with one attached hydrogen (secondary N) is 1. The first-order valence-electron chi connectivity index (χ1n) is 7.39. The largest absolute Gasteiger partial charge is 0.322 e. The van der Waals surface area contributed by atoms with Gasteiger partial charge in [0, 0.05) is 29.6 Å². The number of anilines is 1. The number of nitrogens with zero attached hydrogens (tertiary/aromatic N) is 2. The van der Waals surface area contributed by atoms with Gasteiger partial charge in [0.2, 0.25) is 0 Å². The fraction of sp³-hybridized carbons (Fsp3) is 0.294. The van der Waals surface area contributed by atoms with E-state index in [1.54, 1.807) is 12.4 Å². The number of aromatic nitrogens is 1. The molecule has 1 aliphatic heterocycles. The number of rotatable bonds is 2. The van der Waals surface area contributed by atoms with Gasteiger partial charge >= 0.3 is 6.03 Å². The molecule has 5 heteroatoms. The molecule has 0 radical (unpaired) electrons. The van der Waals surface area contributed by atoms with Crippen LogP contribution in [-0.2, 0) is 0 Å². The minimum atomic E-state index is -0.0790. The number of hydrogen-bond acceptors (Lipinski definition) is 2. The lowest BCUT2D eigenvalue weighted by molar-refractivity contribution is 0.207. The van der Waals surface area contributed by atoms with E-state index in [1.165, 1.54) is 0 Å². The van der Waals surface area contributed by atoms with Crippen LogP contribution in [0.15, 0.2) is 42.7 Å². The molecule has 2 heterocycles. The second kappa shape index (κ2) is 6.36. The third kappa shape index (κ3) is 2.92. The summed E-state index contributed by atoms with van der Waals surface area (Å²) in [7, 11) is 0. The van der Waals surface area contributed by atoms with Gasteiger partial charge in [0.1, 0.15) is 0 Å². The van der Waals surface area contributed by atoms with Crippen LogP contribution < -0.4 is 5.32 Å². The lowest BCUT2D eigenvalue weighted by Crippen LogP contribution is -2.34. The van der Waals surface area contributed by atoms with Gasteiger partial charge in [-0.05, 0) is 55.2 Å². The van der Waals surface area contributed by atoms with Gasteiger partial charge in [-0.1, -0.05) is 17.7 Å². The summed E-state index contributed by atoms with van der Waals surface area (Å²) in [5.41, 5.74) is 2.78. The van der Waals surface area contributed by atoms with Gasteiger partial charge in [-0.25, -0.2) is 4.79 Å². The molecule has 0 aliphatic carbocycles. The van der Waals surface area contributed by atoms with Gasteiger partial charge in [0.25, 0.3) is 0 Å². The number of hydrogen-bond donors (Lipinski definition) is 1. The van der Waals surface area contributed by atoms with Gasteiger partial charge < -0.3 is 10.2 Å². The molecule has 0 spiro atoms. The summed E-state index contributed by atoms with van der Waals surface area (Å²) in [5, 5.41) is 3.64. The Morgan fingerprint density at radius 3 is 2.86 bits per heavy atom. The molecule has 114 valence electrons. The van der Waals surface area contributed by atoms with Crippen LogP contribution in [-0.4, -0.2) is 22.5 Å². The van der Waals surface area contributed by atoms with Gasteiger partial charge in [-0.2, -0.15) is 0 Å². The molecule has 0 saturated carbocycles. The number of amides is 2. The highest BCUT2D eigenvalue weighted by molar-refractivity contribution is 6.31. The van der Waals surface area contributed by atoms with Gasteiger partial charge in [-0.15, -0.1) is 0 Å². The van der Waals surface area contributed by atoms with Gasteiger partial charge in [-0.3, -0.25) is 4.98 Å². The lowest BCUT2D eigenvalue weighted by Gasteiger charge is -2.25. The first kappa shape index (κ1) is 14.9. The van der Waals surface area contributed by atoms with Crippen molar-refractivity contribution >= 4 is 23.3 Å². The van der Waals surface area contributed by atoms with Crippen molar-refractivity contribution in [3.05, 3.63) is 58.9 Å². The van der Waals surface area contributed by atoms with E-state index < -0.39 is 0 Å². The molecular formula is C17H18ClN3O. The smallest absolute Gasteiger partial charge is 0.317 e. The molecular weight excluding hydrogens is 298 g/mol. The molecule has 3 rings (SSSR count). The normalized spacial score (nSPS) is 17.5. The highest BCUT2D eigenvalue weighted by Gasteiger charge is 2.30. The van der Waals surface area contributed by atoms with E-state index in [0.717, 1.165) is 36.2 Å². The molecule has 0 bridgehead atoms. The molecule has 2 aromatic rings. The number of halogens is 1. The topological polar surface area (TPSA) is 45.2 Å². The number of carbonyl (C=O) groups excluding carboxylic acids is 1. The summed E-state index contributed by atoms with van der Waals surface area (Å²) in [6, 6.07) is 9.52. The van der Waals surface area contributed by atoms with Crippen molar-refractivity contribution in [1.82, 2.24) is 9.88 Å². The van der Waals surface area contributed by atoms with Crippen molar-refractivity contribution in [2.75, 3.05) is 11.9 Å². The minimum Gasteiger partial charge on any atom is -0.317 e. The quantitative estimate of drug-likeness (QED) is 0.892. The summed E-state index contributed by atoms with van der Waals surface area (Å²) < 4.78 is 0. The van der Waals surface area contributed by atoms with E-state index in [9.17, 15) is 4.79 Å². The average Bonchev–Trinajstić information content (AvgIpc) is 3.02. The number of likely N-dealkylation sites (tertiary alicyclic amines) is 1. The zero-order valence-corrected chi connectivity index (χ0v) is 13.2. The Labute approximate surface area is 135 Å². The molecule has 1 saturated heterocycles. The van der Waals surface area contributed by atoms with Crippen molar-refractivity contribution in [3.63, 3.8) is 0 Å². The van der Waals surface area contributed by atoms with Crippen molar-refractivity contribution in [3.8, 4) is 0 Å². The van der Waals surface area contributed by atoms with Crippen molar-refractivity contribution in [1.29, 1.82) is 0 Å². The van der Waals surface area contributed by atoms with E-state index in [4.69, 9.17) is 11.6 Å². The van der Waals surface area contributed by atoms with Gasteiger partial charge in [0.05, 0.1) is 6.04 Å². The number of benzene rings is 1. The number of urea groups is 1. The first-order chi connectivity index (χ1) is 10.7. The lowest BCUT2D eigenvalue weighted by atomic mass is 10.1. The summed E-state index contributed by atoms with van der Waals surface area (Å²) in [5.74, 6) is 0. The maximum absolute atomic E-state index is 12.6. The van der Waals surface area contributed by atoms with Crippen LogP contribution in [0.5, 0.6) is 0 Å². The van der Waals surface area contributed by atoms with Crippen molar-refractivity contribution < 1.29 is 4.79 Å². The molecule has 1 aromatic heterocycles. The Morgan fingerprint density at radius 1 is 1.32 bits per heavy atom. The maximum atomic E-state index is 12.6. The van der Waals surface area contributed by atoms with E-state index in [1.807, 2.05) is 42.2 Å². The SMILES string of the molecule is Cc1c(Cl)cccc1NC(=O)N1CCC[C@@H]1c1ccncc1. The average molecular weight is 316 g/mol. The van der Waals surface area contributed by atoms with Crippen LogP contribution in [0.25, 0.3) is 0 Å². The Balaban J connectivity index is 1.78. The van der Waals surface area contributed by atoms with Gasteiger partial charge in [0.15, 0.2) is 0 Å². The second-order valence-corrected chi connectivity index (χ2v) is 5.88. The summed E-state index contributed by atoms with van der Waals surface area (Å²) in [6.07, 6.45) is 5.52.